The molecule has 0 saturated heterocycles. The van der Waals surface area contributed by atoms with Gasteiger partial charge in [0.25, 0.3) is 0 Å². The van der Waals surface area contributed by atoms with E-state index in [-0.39, 0.29) is 10.6 Å². The van der Waals surface area contributed by atoms with Gasteiger partial charge in [0, 0.05) is 5.69 Å². The molecule has 0 saturated carbocycles. The molecule has 0 atom stereocenters. The first kappa shape index (κ1) is 12.3. The van der Waals surface area contributed by atoms with Crippen LogP contribution in [0.15, 0.2) is 17.0 Å². The number of hydrogen-bond donors (Lipinski definition) is 4. The molecule has 0 unspecified atom stereocenters. The smallest absolute Gasteiger partial charge is 0.316 e. The Kier molecular flexibility index (Phi) is 3.06. The van der Waals surface area contributed by atoms with Crippen molar-refractivity contribution in [3.05, 3.63) is 17.7 Å². The standard InChI is InChI=1S/C8H12N4O3S/c1-4-5(12-8(10)13)2-3-6(7(4)9)16(11,14)15/h2-3H,9H2,1H3,(H3,10,12,13)(H2,11,14,15). The van der Waals surface area contributed by atoms with E-state index in [0.717, 1.165) is 0 Å². The fourth-order valence-electron chi connectivity index (χ4n) is 1.22. The molecule has 1 aromatic rings. The van der Waals surface area contributed by atoms with Crippen molar-refractivity contribution in [1.29, 1.82) is 0 Å². The van der Waals surface area contributed by atoms with Crippen LogP contribution in [0.5, 0.6) is 0 Å². The average molecular weight is 244 g/mol. The zero-order chi connectivity index (χ0) is 12.5. The highest BCUT2D eigenvalue weighted by molar-refractivity contribution is 7.89. The maximum Gasteiger partial charge on any atom is 0.316 e. The van der Waals surface area contributed by atoms with E-state index in [1.165, 1.54) is 12.1 Å². The van der Waals surface area contributed by atoms with Gasteiger partial charge in [-0.1, -0.05) is 0 Å². The minimum Gasteiger partial charge on any atom is -0.397 e. The number of hydrogen-bond acceptors (Lipinski definition) is 4. The highest BCUT2D eigenvalue weighted by Gasteiger charge is 2.16. The molecule has 0 aliphatic rings. The third-order valence-electron chi connectivity index (χ3n) is 2.04. The normalized spacial score (nSPS) is 11.1. The number of nitrogens with two attached hydrogens (primary N) is 3. The Bertz CT molecular complexity index is 538. The van der Waals surface area contributed by atoms with Crippen molar-refractivity contribution >= 4 is 27.4 Å². The third kappa shape index (κ3) is 2.41. The van der Waals surface area contributed by atoms with Gasteiger partial charge in [0.15, 0.2) is 0 Å². The van der Waals surface area contributed by atoms with Gasteiger partial charge in [-0.05, 0) is 24.6 Å². The minimum absolute atomic E-state index is 0.00579. The number of primary sulfonamides is 1. The van der Waals surface area contributed by atoms with E-state index in [9.17, 15) is 13.2 Å². The predicted octanol–water partition coefficient (Wildman–Crippen LogP) is -0.285. The van der Waals surface area contributed by atoms with Gasteiger partial charge in [-0.2, -0.15) is 0 Å². The summed E-state index contributed by atoms with van der Waals surface area (Å²) < 4.78 is 22.3. The third-order valence-corrected chi connectivity index (χ3v) is 3.01. The van der Waals surface area contributed by atoms with Crippen molar-refractivity contribution in [3.8, 4) is 0 Å². The van der Waals surface area contributed by atoms with Crippen LogP contribution in [-0.4, -0.2) is 14.4 Å². The predicted molar refractivity (Wildman–Crippen MR) is 60.2 cm³/mol. The molecular weight excluding hydrogens is 232 g/mol. The molecule has 0 spiro atoms. The van der Waals surface area contributed by atoms with Gasteiger partial charge in [-0.25, -0.2) is 18.4 Å². The minimum atomic E-state index is -3.87. The number of benzene rings is 1. The number of primary amides is 1. The van der Waals surface area contributed by atoms with Gasteiger partial charge >= 0.3 is 6.03 Å². The molecule has 7 N–H and O–H groups in total. The fraction of sp³-hybridized carbons (Fsp3) is 0.125. The summed E-state index contributed by atoms with van der Waals surface area (Å²) in [5.74, 6) is 0. The van der Waals surface area contributed by atoms with Crippen molar-refractivity contribution in [2.24, 2.45) is 10.9 Å². The number of amides is 2. The highest BCUT2D eigenvalue weighted by Crippen LogP contribution is 2.27. The molecule has 0 heterocycles. The highest BCUT2D eigenvalue weighted by atomic mass is 32.2. The van der Waals surface area contributed by atoms with Crippen LogP contribution in [0.1, 0.15) is 5.56 Å². The van der Waals surface area contributed by atoms with Crippen LogP contribution in [0.2, 0.25) is 0 Å². The second kappa shape index (κ2) is 3.99. The first-order valence-electron chi connectivity index (χ1n) is 4.22. The lowest BCUT2D eigenvalue weighted by Crippen LogP contribution is -2.21. The molecule has 0 fully saturated rings. The molecule has 0 bridgehead atoms. The van der Waals surface area contributed by atoms with Gasteiger partial charge in [0.1, 0.15) is 4.90 Å². The summed E-state index contributed by atoms with van der Waals surface area (Å²) in [5.41, 5.74) is 11.3. The van der Waals surface area contributed by atoms with Crippen molar-refractivity contribution in [2.75, 3.05) is 11.1 Å². The van der Waals surface area contributed by atoms with Gasteiger partial charge in [-0.15, -0.1) is 0 Å². The second-order valence-corrected chi connectivity index (χ2v) is 4.71. The van der Waals surface area contributed by atoms with E-state index in [1.54, 1.807) is 6.92 Å². The summed E-state index contributed by atoms with van der Waals surface area (Å²) in [5, 5.41) is 7.27. The number of nitrogen functional groups attached to an aromatic ring is 1. The molecule has 8 heteroatoms. The van der Waals surface area contributed by atoms with Gasteiger partial charge in [0.2, 0.25) is 10.0 Å². The van der Waals surface area contributed by atoms with E-state index in [2.05, 4.69) is 5.32 Å². The van der Waals surface area contributed by atoms with Crippen molar-refractivity contribution in [2.45, 2.75) is 11.8 Å². The number of carbonyl (C=O) groups excluding carboxylic acids is 1. The van der Waals surface area contributed by atoms with Gasteiger partial charge in [-0.3, -0.25) is 0 Å². The Morgan fingerprint density at radius 2 is 1.94 bits per heavy atom. The Hall–Kier alpha value is -1.80. The number of rotatable bonds is 2. The first-order valence-corrected chi connectivity index (χ1v) is 5.76. The molecule has 88 valence electrons. The van der Waals surface area contributed by atoms with Crippen LogP contribution in [-0.2, 0) is 10.0 Å². The summed E-state index contributed by atoms with van der Waals surface area (Å²) in [4.78, 5) is 10.5. The molecule has 0 aliphatic heterocycles. The molecule has 0 aromatic heterocycles. The topological polar surface area (TPSA) is 141 Å². The van der Waals surface area contributed by atoms with Crippen LogP contribution in [0, 0.1) is 6.92 Å². The number of nitrogens with one attached hydrogen (secondary N) is 1. The zero-order valence-corrected chi connectivity index (χ0v) is 9.34. The van der Waals surface area contributed by atoms with Crippen molar-refractivity contribution in [1.82, 2.24) is 0 Å². The summed E-state index contributed by atoms with van der Waals surface area (Å²) in [7, 11) is -3.87. The molecule has 0 aliphatic carbocycles. The number of anilines is 2. The van der Waals surface area contributed by atoms with Crippen LogP contribution in [0.3, 0.4) is 0 Å². The number of sulfonamides is 1. The number of urea groups is 1. The Morgan fingerprint density at radius 3 is 2.38 bits per heavy atom. The molecule has 1 rings (SSSR count). The molecule has 2 amide bonds. The van der Waals surface area contributed by atoms with E-state index < -0.39 is 16.1 Å². The van der Waals surface area contributed by atoms with Crippen LogP contribution in [0.25, 0.3) is 0 Å². The fourth-order valence-corrected chi connectivity index (χ4v) is 1.94. The van der Waals surface area contributed by atoms with Crippen LogP contribution >= 0.6 is 0 Å². The molecular formula is C8H12N4O3S. The monoisotopic (exact) mass is 244 g/mol. The van der Waals surface area contributed by atoms with Crippen LogP contribution in [0.4, 0.5) is 16.2 Å². The average Bonchev–Trinajstić information content (AvgIpc) is 2.10. The largest absolute Gasteiger partial charge is 0.397 e. The zero-order valence-electron chi connectivity index (χ0n) is 8.52. The summed E-state index contributed by atoms with van der Waals surface area (Å²) in [6, 6.07) is 1.82. The summed E-state index contributed by atoms with van der Waals surface area (Å²) in [6.07, 6.45) is 0. The maximum absolute atomic E-state index is 11.1. The number of carbonyl (C=O) groups is 1. The van der Waals surface area contributed by atoms with Crippen molar-refractivity contribution in [3.63, 3.8) is 0 Å². The lowest BCUT2D eigenvalue weighted by Gasteiger charge is -2.11. The SMILES string of the molecule is Cc1c(NC(N)=O)ccc(S(N)(=O)=O)c1N. The Morgan fingerprint density at radius 1 is 1.38 bits per heavy atom. The van der Waals surface area contributed by atoms with Crippen LogP contribution < -0.4 is 21.9 Å². The van der Waals surface area contributed by atoms with E-state index in [1.807, 2.05) is 0 Å². The Labute approximate surface area is 92.7 Å². The van der Waals surface area contributed by atoms with Gasteiger partial charge < -0.3 is 16.8 Å². The molecule has 16 heavy (non-hydrogen) atoms. The van der Waals surface area contributed by atoms with E-state index >= 15 is 0 Å². The van der Waals surface area contributed by atoms with E-state index in [0.29, 0.717) is 11.3 Å². The first-order chi connectivity index (χ1) is 7.23. The van der Waals surface area contributed by atoms with Crippen molar-refractivity contribution < 1.29 is 13.2 Å². The summed E-state index contributed by atoms with van der Waals surface area (Å²) in [6.45, 7) is 1.55. The molecule has 0 radical (unpaired) electrons. The lowest BCUT2D eigenvalue weighted by molar-refractivity contribution is 0.259. The molecule has 7 nitrogen and oxygen atoms in total. The quantitative estimate of drug-likeness (QED) is 0.530. The molecule has 1 aromatic carbocycles. The van der Waals surface area contributed by atoms with Gasteiger partial charge in [0.05, 0.1) is 5.69 Å². The lowest BCUT2D eigenvalue weighted by atomic mass is 10.1. The van der Waals surface area contributed by atoms with E-state index in [4.69, 9.17) is 16.6 Å². The maximum atomic E-state index is 11.1. The second-order valence-electron chi connectivity index (χ2n) is 3.18. The summed E-state index contributed by atoms with van der Waals surface area (Å²) >= 11 is 0. The Balaban J connectivity index is 3.35.